The van der Waals surface area contributed by atoms with Gasteiger partial charge in [0, 0.05) is 6.20 Å². The van der Waals surface area contributed by atoms with Crippen molar-refractivity contribution in [3.05, 3.63) is 54.9 Å². The van der Waals surface area contributed by atoms with Gasteiger partial charge >= 0.3 is 0 Å². The van der Waals surface area contributed by atoms with Gasteiger partial charge in [0.2, 0.25) is 0 Å². The number of hydrogen-bond donors (Lipinski definition) is 2. The molecule has 2 aromatic rings. The van der Waals surface area contributed by atoms with Gasteiger partial charge in [-0.3, -0.25) is 4.98 Å². The van der Waals surface area contributed by atoms with Crippen molar-refractivity contribution in [2.45, 2.75) is 0 Å². The molecule has 1 aromatic carbocycles. The fourth-order valence-corrected chi connectivity index (χ4v) is 0.782. The zero-order valence-corrected chi connectivity index (χ0v) is 7.54. The van der Waals surface area contributed by atoms with Crippen molar-refractivity contribution >= 4 is 0 Å². The van der Waals surface area contributed by atoms with Crippen LogP contribution in [0.3, 0.4) is 0 Å². The maximum Gasteiger partial charge on any atom is 0.133 e. The molecule has 3 heteroatoms. The fraction of sp³-hybridized carbons (Fsp3) is 0. The maximum absolute atomic E-state index is 8.63. The van der Waals surface area contributed by atoms with Crippen LogP contribution in [0.25, 0.3) is 0 Å². The molecule has 2 N–H and O–H groups in total. The highest BCUT2D eigenvalue weighted by molar-refractivity contribution is 5.18. The van der Waals surface area contributed by atoms with Crippen molar-refractivity contribution in [2.75, 3.05) is 0 Å². The van der Waals surface area contributed by atoms with Crippen molar-refractivity contribution in [3.63, 3.8) is 0 Å². The Morgan fingerprint density at radius 1 is 0.786 bits per heavy atom. The first-order valence-electron chi connectivity index (χ1n) is 4.12. The number of aromatic nitrogens is 1. The quantitative estimate of drug-likeness (QED) is 0.667. The number of phenolic OH excluding ortho intramolecular Hbond substituents is 1. The number of para-hydroxylation sites is 1. The van der Waals surface area contributed by atoms with E-state index in [0.717, 1.165) is 0 Å². The SMILES string of the molecule is Oc1ccccc1.Oc1cccnc1. The Kier molecular flexibility index (Phi) is 4.01. The minimum Gasteiger partial charge on any atom is -0.508 e. The normalized spacial score (nSPS) is 8.57. The van der Waals surface area contributed by atoms with Crippen LogP contribution in [0.15, 0.2) is 54.9 Å². The Hall–Kier alpha value is -2.03. The molecule has 0 saturated carbocycles. The molecule has 0 unspecified atom stereocenters. The summed E-state index contributed by atoms with van der Waals surface area (Å²) in [5.41, 5.74) is 0. The largest absolute Gasteiger partial charge is 0.508 e. The minimum atomic E-state index is 0.211. The predicted molar refractivity (Wildman–Crippen MR) is 54.0 cm³/mol. The molecule has 0 fully saturated rings. The Balaban J connectivity index is 0.000000140. The van der Waals surface area contributed by atoms with Crippen molar-refractivity contribution in [1.29, 1.82) is 0 Å². The van der Waals surface area contributed by atoms with E-state index in [4.69, 9.17) is 10.2 Å². The fourth-order valence-electron chi connectivity index (χ4n) is 0.782. The van der Waals surface area contributed by atoms with Crippen LogP contribution in [-0.2, 0) is 0 Å². The first kappa shape index (κ1) is 10.1. The Bertz CT molecular complexity index is 311. The van der Waals surface area contributed by atoms with Crippen LogP contribution >= 0.6 is 0 Å². The summed E-state index contributed by atoms with van der Waals surface area (Å²) in [6, 6.07) is 12.0. The zero-order chi connectivity index (χ0) is 10.2. The second kappa shape index (κ2) is 5.59. The van der Waals surface area contributed by atoms with E-state index < -0.39 is 0 Å². The smallest absolute Gasteiger partial charge is 0.133 e. The van der Waals surface area contributed by atoms with Gasteiger partial charge in [0.25, 0.3) is 0 Å². The molecule has 1 aromatic heterocycles. The number of pyridine rings is 1. The summed E-state index contributed by atoms with van der Waals surface area (Å²) in [5.74, 6) is 0.532. The summed E-state index contributed by atoms with van der Waals surface area (Å²) in [6.45, 7) is 0. The summed E-state index contributed by atoms with van der Waals surface area (Å²) in [7, 11) is 0. The van der Waals surface area contributed by atoms with Gasteiger partial charge in [-0.25, -0.2) is 0 Å². The number of rotatable bonds is 0. The molecule has 0 atom stereocenters. The van der Waals surface area contributed by atoms with Crippen molar-refractivity contribution in [2.24, 2.45) is 0 Å². The zero-order valence-electron chi connectivity index (χ0n) is 7.54. The van der Waals surface area contributed by atoms with E-state index in [1.807, 2.05) is 6.07 Å². The first-order chi connectivity index (χ1) is 6.79. The summed E-state index contributed by atoms with van der Waals surface area (Å²) in [6.07, 6.45) is 3.00. The molecule has 3 nitrogen and oxygen atoms in total. The second-order valence-electron chi connectivity index (χ2n) is 2.55. The highest BCUT2D eigenvalue weighted by Gasteiger charge is 1.76. The number of phenols is 1. The number of aromatic hydroxyl groups is 2. The molecule has 0 amide bonds. The van der Waals surface area contributed by atoms with E-state index in [1.165, 1.54) is 6.20 Å². The molecule has 0 aliphatic carbocycles. The van der Waals surface area contributed by atoms with Gasteiger partial charge in [-0.15, -0.1) is 0 Å². The van der Waals surface area contributed by atoms with Crippen molar-refractivity contribution in [1.82, 2.24) is 4.98 Å². The van der Waals surface area contributed by atoms with Gasteiger partial charge in [0.15, 0.2) is 0 Å². The lowest BCUT2D eigenvalue weighted by molar-refractivity contribution is 0.472. The van der Waals surface area contributed by atoms with Crippen LogP contribution in [0.2, 0.25) is 0 Å². The van der Waals surface area contributed by atoms with E-state index in [0.29, 0.717) is 5.75 Å². The van der Waals surface area contributed by atoms with E-state index >= 15 is 0 Å². The van der Waals surface area contributed by atoms with E-state index in [9.17, 15) is 0 Å². The van der Waals surface area contributed by atoms with Gasteiger partial charge in [-0.2, -0.15) is 0 Å². The van der Waals surface area contributed by atoms with E-state index in [2.05, 4.69) is 4.98 Å². The van der Waals surface area contributed by atoms with Crippen LogP contribution < -0.4 is 0 Å². The molecule has 0 spiro atoms. The lowest BCUT2D eigenvalue weighted by Gasteiger charge is -1.82. The highest BCUT2D eigenvalue weighted by Crippen LogP contribution is 2.02. The van der Waals surface area contributed by atoms with Gasteiger partial charge in [0.05, 0.1) is 6.20 Å². The number of benzene rings is 1. The topological polar surface area (TPSA) is 53.4 Å². The third kappa shape index (κ3) is 4.11. The summed E-state index contributed by atoms with van der Waals surface area (Å²) < 4.78 is 0. The molecule has 0 bridgehead atoms. The number of nitrogens with zero attached hydrogens (tertiary/aromatic N) is 1. The second-order valence-corrected chi connectivity index (χ2v) is 2.55. The van der Waals surface area contributed by atoms with Gasteiger partial charge in [0.1, 0.15) is 11.5 Å². The predicted octanol–water partition coefficient (Wildman–Crippen LogP) is 2.18. The highest BCUT2D eigenvalue weighted by atomic mass is 16.3. The summed E-state index contributed by atoms with van der Waals surface area (Å²) in [5, 5.41) is 17.2. The van der Waals surface area contributed by atoms with Crippen LogP contribution in [0, 0.1) is 0 Å². The van der Waals surface area contributed by atoms with Crippen molar-refractivity contribution < 1.29 is 10.2 Å². The van der Waals surface area contributed by atoms with Gasteiger partial charge < -0.3 is 10.2 Å². The molecule has 1 heterocycles. The molecule has 0 aliphatic rings. The summed E-state index contributed by atoms with van der Waals surface area (Å²) >= 11 is 0. The molecular formula is C11H11NO2. The first-order valence-corrected chi connectivity index (χ1v) is 4.12. The standard InChI is InChI=1S/C6H6O.C5H5NO/c7-6-4-2-1-3-5-6;7-5-2-1-3-6-4-5/h1-5,7H;1-4,7H. The van der Waals surface area contributed by atoms with Crippen molar-refractivity contribution in [3.8, 4) is 11.5 Å². The average Bonchev–Trinajstić information content (AvgIpc) is 2.21. The molecule has 2 rings (SSSR count). The summed E-state index contributed by atoms with van der Waals surface area (Å²) in [4.78, 5) is 3.63. The van der Waals surface area contributed by atoms with Crippen LogP contribution in [-0.4, -0.2) is 15.2 Å². The van der Waals surface area contributed by atoms with E-state index in [-0.39, 0.29) is 5.75 Å². The lowest BCUT2D eigenvalue weighted by Crippen LogP contribution is -1.64. The third-order valence-electron chi connectivity index (χ3n) is 1.40. The molecule has 14 heavy (non-hydrogen) atoms. The monoisotopic (exact) mass is 189 g/mol. The molecule has 0 saturated heterocycles. The van der Waals surface area contributed by atoms with Crippen LogP contribution in [0.5, 0.6) is 11.5 Å². The number of hydrogen-bond acceptors (Lipinski definition) is 3. The van der Waals surface area contributed by atoms with E-state index in [1.54, 1.807) is 42.6 Å². The Morgan fingerprint density at radius 2 is 1.43 bits per heavy atom. The molecule has 72 valence electrons. The van der Waals surface area contributed by atoms with Gasteiger partial charge in [-0.05, 0) is 24.3 Å². The third-order valence-corrected chi connectivity index (χ3v) is 1.40. The van der Waals surface area contributed by atoms with Crippen LogP contribution in [0.4, 0.5) is 0 Å². The molecule has 0 aliphatic heterocycles. The minimum absolute atomic E-state index is 0.211. The Morgan fingerprint density at radius 3 is 1.71 bits per heavy atom. The lowest BCUT2D eigenvalue weighted by atomic mass is 10.3. The van der Waals surface area contributed by atoms with Gasteiger partial charge in [-0.1, -0.05) is 18.2 Å². The molecule has 0 radical (unpaired) electrons. The van der Waals surface area contributed by atoms with Crippen LogP contribution in [0.1, 0.15) is 0 Å². The average molecular weight is 189 g/mol. The Labute approximate surface area is 82.3 Å². The maximum atomic E-state index is 8.63. The molecular weight excluding hydrogens is 178 g/mol.